The van der Waals surface area contributed by atoms with E-state index in [2.05, 4.69) is 0 Å². The molecule has 0 aliphatic heterocycles. The molecule has 64 valence electrons. The monoisotopic (exact) mass is 169 g/mol. The van der Waals surface area contributed by atoms with Crippen LogP contribution < -0.4 is 5.73 Å². The number of carbonyl (C=O) groups is 1. The first-order chi connectivity index (χ1) is 5.59. The van der Waals surface area contributed by atoms with Gasteiger partial charge in [-0.1, -0.05) is 6.07 Å². The van der Waals surface area contributed by atoms with Crippen LogP contribution in [0.25, 0.3) is 0 Å². The van der Waals surface area contributed by atoms with Gasteiger partial charge in [-0.25, -0.2) is 4.39 Å². The molecule has 0 saturated heterocycles. The van der Waals surface area contributed by atoms with E-state index in [1.54, 1.807) is 0 Å². The molecule has 0 fully saturated rings. The first-order valence-corrected chi connectivity index (χ1v) is 3.35. The SMILES string of the molecule is NC(=O)Cc1ccc(F)cc1O. The van der Waals surface area contributed by atoms with Crippen molar-refractivity contribution in [2.75, 3.05) is 0 Å². The van der Waals surface area contributed by atoms with Gasteiger partial charge in [-0.05, 0) is 6.07 Å². The van der Waals surface area contributed by atoms with Crippen LogP contribution >= 0.6 is 0 Å². The van der Waals surface area contributed by atoms with Gasteiger partial charge in [-0.15, -0.1) is 0 Å². The number of aromatic hydroxyl groups is 1. The molecule has 3 N–H and O–H groups in total. The van der Waals surface area contributed by atoms with Gasteiger partial charge in [0, 0.05) is 11.6 Å². The average molecular weight is 169 g/mol. The minimum atomic E-state index is -0.558. The Bertz CT molecular complexity index is 312. The predicted octanol–water partition coefficient (Wildman–Crippen LogP) is 0.559. The minimum absolute atomic E-state index is 0.0773. The largest absolute Gasteiger partial charge is 0.508 e. The molecule has 1 aromatic rings. The highest BCUT2D eigenvalue weighted by molar-refractivity contribution is 5.77. The van der Waals surface area contributed by atoms with Crippen molar-refractivity contribution in [3.8, 4) is 5.75 Å². The Labute approximate surface area is 68.6 Å². The fourth-order valence-corrected chi connectivity index (χ4v) is 0.874. The summed E-state index contributed by atoms with van der Waals surface area (Å²) in [6, 6.07) is 3.44. The lowest BCUT2D eigenvalue weighted by Gasteiger charge is -2.00. The Balaban J connectivity index is 2.93. The number of rotatable bonds is 2. The molecule has 0 radical (unpaired) electrons. The van der Waals surface area contributed by atoms with E-state index < -0.39 is 11.7 Å². The van der Waals surface area contributed by atoms with E-state index in [0.29, 0.717) is 5.56 Å². The van der Waals surface area contributed by atoms with Gasteiger partial charge in [-0.3, -0.25) is 4.79 Å². The van der Waals surface area contributed by atoms with Crippen LogP contribution in [0.4, 0.5) is 4.39 Å². The highest BCUT2D eigenvalue weighted by Gasteiger charge is 2.04. The number of nitrogens with two attached hydrogens (primary N) is 1. The van der Waals surface area contributed by atoms with Crippen LogP contribution in [0, 0.1) is 5.82 Å². The predicted molar refractivity (Wildman–Crippen MR) is 41.0 cm³/mol. The van der Waals surface area contributed by atoms with Gasteiger partial charge in [0.25, 0.3) is 0 Å². The van der Waals surface area contributed by atoms with Gasteiger partial charge in [0.1, 0.15) is 11.6 Å². The third kappa shape index (κ3) is 1.95. The molecule has 1 rings (SSSR count). The van der Waals surface area contributed by atoms with E-state index in [9.17, 15) is 9.18 Å². The van der Waals surface area contributed by atoms with E-state index >= 15 is 0 Å². The van der Waals surface area contributed by atoms with Gasteiger partial charge >= 0.3 is 0 Å². The third-order valence-corrected chi connectivity index (χ3v) is 1.41. The summed E-state index contributed by atoms with van der Waals surface area (Å²) in [5, 5.41) is 9.09. The number of hydrogen-bond acceptors (Lipinski definition) is 2. The van der Waals surface area contributed by atoms with Gasteiger partial charge in [-0.2, -0.15) is 0 Å². The lowest BCUT2D eigenvalue weighted by molar-refractivity contribution is -0.117. The van der Waals surface area contributed by atoms with Crippen LogP contribution in [-0.4, -0.2) is 11.0 Å². The summed E-state index contributed by atoms with van der Waals surface area (Å²) in [6.45, 7) is 0. The maximum atomic E-state index is 12.4. The van der Waals surface area contributed by atoms with Crippen LogP contribution in [0.15, 0.2) is 18.2 Å². The second-order valence-corrected chi connectivity index (χ2v) is 2.42. The zero-order valence-corrected chi connectivity index (χ0v) is 6.25. The third-order valence-electron chi connectivity index (χ3n) is 1.41. The van der Waals surface area contributed by atoms with Crippen LogP contribution in [0.1, 0.15) is 5.56 Å². The zero-order valence-electron chi connectivity index (χ0n) is 6.25. The molecule has 0 saturated carbocycles. The minimum Gasteiger partial charge on any atom is -0.508 e. The highest BCUT2D eigenvalue weighted by Crippen LogP contribution is 2.17. The number of amides is 1. The van der Waals surface area contributed by atoms with Crippen molar-refractivity contribution >= 4 is 5.91 Å². The number of carbonyl (C=O) groups excluding carboxylic acids is 1. The lowest BCUT2D eigenvalue weighted by Crippen LogP contribution is -2.13. The van der Waals surface area contributed by atoms with Crippen molar-refractivity contribution in [1.29, 1.82) is 0 Å². The molecule has 0 spiro atoms. The molecule has 0 bridgehead atoms. The zero-order chi connectivity index (χ0) is 9.14. The second kappa shape index (κ2) is 3.21. The Morgan fingerprint density at radius 3 is 2.75 bits per heavy atom. The van der Waals surface area contributed by atoms with Crippen molar-refractivity contribution in [2.45, 2.75) is 6.42 Å². The first-order valence-electron chi connectivity index (χ1n) is 3.35. The Morgan fingerprint density at radius 2 is 2.25 bits per heavy atom. The van der Waals surface area contributed by atoms with E-state index in [1.807, 2.05) is 0 Å². The lowest BCUT2D eigenvalue weighted by atomic mass is 10.1. The van der Waals surface area contributed by atoms with Gasteiger partial charge < -0.3 is 10.8 Å². The molecule has 0 aliphatic carbocycles. The molecule has 12 heavy (non-hydrogen) atoms. The average Bonchev–Trinajstić information content (AvgIpc) is 1.94. The quantitative estimate of drug-likeness (QED) is 0.679. The van der Waals surface area contributed by atoms with Crippen molar-refractivity contribution in [2.24, 2.45) is 5.73 Å². The fourth-order valence-electron chi connectivity index (χ4n) is 0.874. The van der Waals surface area contributed by atoms with E-state index in [-0.39, 0.29) is 12.2 Å². The molecule has 3 nitrogen and oxygen atoms in total. The topological polar surface area (TPSA) is 63.3 Å². The number of phenolic OH excluding ortho intramolecular Hbond substituents is 1. The molecular weight excluding hydrogens is 161 g/mol. The number of primary amides is 1. The highest BCUT2D eigenvalue weighted by atomic mass is 19.1. The van der Waals surface area contributed by atoms with E-state index in [0.717, 1.165) is 12.1 Å². The van der Waals surface area contributed by atoms with Crippen LogP contribution in [-0.2, 0) is 11.2 Å². The molecule has 1 aromatic carbocycles. The summed E-state index contributed by atoms with van der Waals surface area (Å²) in [7, 11) is 0. The number of phenols is 1. The summed E-state index contributed by atoms with van der Waals surface area (Å²) >= 11 is 0. The van der Waals surface area contributed by atoms with Crippen molar-refractivity contribution in [3.63, 3.8) is 0 Å². The standard InChI is InChI=1S/C8H8FNO2/c9-6-2-1-5(3-8(10)12)7(11)4-6/h1-2,4,11H,3H2,(H2,10,12). The van der Waals surface area contributed by atoms with E-state index in [4.69, 9.17) is 10.8 Å². The molecule has 0 aromatic heterocycles. The molecule has 4 heteroatoms. The van der Waals surface area contributed by atoms with Gasteiger partial charge in [0.15, 0.2) is 0 Å². The number of hydrogen-bond donors (Lipinski definition) is 2. The number of benzene rings is 1. The Kier molecular flexibility index (Phi) is 2.28. The molecule has 0 unspecified atom stereocenters. The van der Waals surface area contributed by atoms with Gasteiger partial charge in [0.2, 0.25) is 5.91 Å². The van der Waals surface area contributed by atoms with Crippen molar-refractivity contribution in [3.05, 3.63) is 29.6 Å². The maximum absolute atomic E-state index is 12.4. The van der Waals surface area contributed by atoms with Crippen molar-refractivity contribution < 1.29 is 14.3 Å². The Morgan fingerprint density at radius 1 is 1.58 bits per heavy atom. The summed E-state index contributed by atoms with van der Waals surface area (Å²) in [6.07, 6.45) is -0.0773. The smallest absolute Gasteiger partial charge is 0.221 e. The molecular formula is C8H8FNO2. The van der Waals surface area contributed by atoms with E-state index in [1.165, 1.54) is 6.07 Å². The van der Waals surface area contributed by atoms with Crippen LogP contribution in [0.2, 0.25) is 0 Å². The Hall–Kier alpha value is -1.58. The summed E-state index contributed by atoms with van der Waals surface area (Å²) in [5.41, 5.74) is 5.22. The molecule has 1 amide bonds. The first kappa shape index (κ1) is 8.52. The van der Waals surface area contributed by atoms with Crippen molar-refractivity contribution in [1.82, 2.24) is 0 Å². The second-order valence-electron chi connectivity index (χ2n) is 2.42. The summed E-state index contributed by atoms with van der Waals surface area (Å²) in [5.74, 6) is -1.34. The summed E-state index contributed by atoms with van der Waals surface area (Å²) in [4.78, 5) is 10.4. The van der Waals surface area contributed by atoms with Crippen LogP contribution in [0.5, 0.6) is 5.75 Å². The normalized spacial score (nSPS) is 9.75. The maximum Gasteiger partial charge on any atom is 0.221 e. The molecule has 0 heterocycles. The fraction of sp³-hybridized carbons (Fsp3) is 0.125. The summed E-state index contributed by atoms with van der Waals surface area (Å²) < 4.78 is 12.4. The van der Waals surface area contributed by atoms with Crippen LogP contribution in [0.3, 0.4) is 0 Å². The number of halogens is 1. The van der Waals surface area contributed by atoms with Gasteiger partial charge in [0.05, 0.1) is 6.42 Å². The molecule has 0 aliphatic rings. The molecule has 0 atom stereocenters.